The first-order valence-corrected chi connectivity index (χ1v) is 11.6. The van der Waals surface area contributed by atoms with Crippen LogP contribution in [0.4, 0.5) is 5.69 Å². The molecule has 1 amide bonds. The minimum atomic E-state index is -3.10. The van der Waals surface area contributed by atoms with Gasteiger partial charge in [0, 0.05) is 44.0 Å². The smallest absolute Gasteiger partial charge is 0.255 e. The lowest BCUT2D eigenvalue weighted by Crippen LogP contribution is -2.48. The number of rotatable bonds is 6. The van der Waals surface area contributed by atoms with Crippen LogP contribution in [0.3, 0.4) is 0 Å². The molecule has 156 valence electrons. The number of nitrogens with one attached hydrogen (secondary N) is 1. The molecule has 0 bridgehead atoms. The van der Waals surface area contributed by atoms with Crippen LogP contribution in [0.1, 0.15) is 34.0 Å². The summed E-state index contributed by atoms with van der Waals surface area (Å²) in [5.74, 6) is 0.0298. The highest BCUT2D eigenvalue weighted by Crippen LogP contribution is 2.19. The monoisotopic (exact) mass is 415 g/mol. The fraction of sp³-hybridized carbons (Fsp3) is 0.409. The molecule has 1 aliphatic rings. The van der Waals surface area contributed by atoms with E-state index in [4.69, 9.17) is 0 Å². The van der Waals surface area contributed by atoms with Crippen LogP contribution < -0.4 is 5.32 Å². The van der Waals surface area contributed by atoms with Crippen LogP contribution in [0.25, 0.3) is 0 Å². The van der Waals surface area contributed by atoms with Crippen LogP contribution in [-0.2, 0) is 16.6 Å². The lowest BCUT2D eigenvalue weighted by molar-refractivity contribution is 0.102. The van der Waals surface area contributed by atoms with Gasteiger partial charge in [-0.15, -0.1) is 0 Å². The molecule has 1 N–H and O–H groups in total. The molecule has 2 aromatic carbocycles. The highest BCUT2D eigenvalue weighted by atomic mass is 32.2. The van der Waals surface area contributed by atoms with E-state index in [0.29, 0.717) is 31.7 Å². The van der Waals surface area contributed by atoms with Crippen molar-refractivity contribution in [2.45, 2.75) is 27.3 Å². The van der Waals surface area contributed by atoms with Crippen molar-refractivity contribution in [3.8, 4) is 0 Å². The number of anilines is 1. The van der Waals surface area contributed by atoms with Crippen molar-refractivity contribution in [2.75, 3.05) is 37.2 Å². The molecule has 29 heavy (non-hydrogen) atoms. The van der Waals surface area contributed by atoms with Crippen LogP contribution in [-0.4, -0.2) is 55.5 Å². The van der Waals surface area contributed by atoms with Gasteiger partial charge in [0.25, 0.3) is 5.91 Å². The summed E-state index contributed by atoms with van der Waals surface area (Å²) in [6.45, 7) is 8.95. The SMILES string of the molecule is CCS(=O)(=O)N1CCN(Cc2ccc(C(=O)Nc3cccc(C)c3C)cc2)CC1. The van der Waals surface area contributed by atoms with Gasteiger partial charge in [-0.3, -0.25) is 9.69 Å². The van der Waals surface area contributed by atoms with Gasteiger partial charge in [-0.05, 0) is 55.7 Å². The molecule has 1 saturated heterocycles. The van der Waals surface area contributed by atoms with Crippen molar-refractivity contribution < 1.29 is 13.2 Å². The Kier molecular flexibility index (Phi) is 6.72. The predicted octanol–water partition coefficient (Wildman–Crippen LogP) is 3.02. The van der Waals surface area contributed by atoms with Gasteiger partial charge in [-0.1, -0.05) is 24.3 Å². The number of carbonyl (C=O) groups excluding carboxylic acids is 1. The number of hydrogen-bond acceptors (Lipinski definition) is 4. The molecule has 3 rings (SSSR count). The van der Waals surface area contributed by atoms with E-state index in [9.17, 15) is 13.2 Å². The molecule has 0 aromatic heterocycles. The topological polar surface area (TPSA) is 69.7 Å². The Hall–Kier alpha value is -2.22. The van der Waals surface area contributed by atoms with Crippen LogP contribution in [0.5, 0.6) is 0 Å². The molecule has 2 aromatic rings. The fourth-order valence-electron chi connectivity index (χ4n) is 3.45. The van der Waals surface area contributed by atoms with E-state index in [1.165, 1.54) is 0 Å². The lowest BCUT2D eigenvalue weighted by Gasteiger charge is -2.33. The summed E-state index contributed by atoms with van der Waals surface area (Å²) in [7, 11) is -3.10. The van der Waals surface area contributed by atoms with E-state index in [1.54, 1.807) is 11.2 Å². The molecule has 7 heteroatoms. The summed E-state index contributed by atoms with van der Waals surface area (Å²) in [6, 6.07) is 13.5. The van der Waals surface area contributed by atoms with E-state index >= 15 is 0 Å². The Morgan fingerprint density at radius 2 is 1.66 bits per heavy atom. The first-order chi connectivity index (χ1) is 13.8. The molecule has 0 atom stereocenters. The Morgan fingerprint density at radius 3 is 2.28 bits per heavy atom. The van der Waals surface area contributed by atoms with E-state index in [-0.39, 0.29) is 11.7 Å². The largest absolute Gasteiger partial charge is 0.322 e. The Balaban J connectivity index is 1.57. The number of piperazine rings is 1. The number of carbonyl (C=O) groups is 1. The number of nitrogens with zero attached hydrogens (tertiary/aromatic N) is 2. The number of benzene rings is 2. The molecule has 1 heterocycles. The summed E-state index contributed by atoms with van der Waals surface area (Å²) in [4.78, 5) is 14.8. The maximum Gasteiger partial charge on any atom is 0.255 e. The zero-order valence-electron chi connectivity index (χ0n) is 17.3. The molecule has 0 unspecified atom stereocenters. The average molecular weight is 416 g/mol. The molecule has 0 spiro atoms. The normalized spacial score (nSPS) is 16.0. The first-order valence-electron chi connectivity index (χ1n) is 9.97. The Labute approximate surface area is 173 Å². The standard InChI is InChI=1S/C22H29N3O3S/c1-4-29(27,28)25-14-12-24(13-15-25)16-19-8-10-20(11-9-19)22(26)23-21-7-5-6-17(2)18(21)3/h5-11H,4,12-16H2,1-3H3,(H,23,26). The Bertz CT molecular complexity index is 963. The highest BCUT2D eigenvalue weighted by molar-refractivity contribution is 7.89. The van der Waals surface area contributed by atoms with Crippen molar-refractivity contribution >= 4 is 21.6 Å². The zero-order chi connectivity index (χ0) is 21.0. The van der Waals surface area contributed by atoms with Gasteiger partial charge < -0.3 is 5.32 Å². The zero-order valence-corrected chi connectivity index (χ0v) is 18.1. The minimum absolute atomic E-state index is 0.122. The fourth-order valence-corrected chi connectivity index (χ4v) is 4.53. The molecule has 0 saturated carbocycles. The summed E-state index contributed by atoms with van der Waals surface area (Å²) < 4.78 is 25.5. The third-order valence-corrected chi connectivity index (χ3v) is 7.45. The molecular weight excluding hydrogens is 386 g/mol. The van der Waals surface area contributed by atoms with Crippen molar-refractivity contribution in [3.05, 3.63) is 64.7 Å². The molecular formula is C22H29N3O3S. The van der Waals surface area contributed by atoms with E-state index < -0.39 is 10.0 Å². The maximum atomic E-state index is 12.6. The number of aryl methyl sites for hydroxylation is 1. The molecule has 0 radical (unpaired) electrons. The third-order valence-electron chi connectivity index (χ3n) is 5.56. The maximum absolute atomic E-state index is 12.6. The van der Waals surface area contributed by atoms with Crippen molar-refractivity contribution in [2.24, 2.45) is 0 Å². The predicted molar refractivity (Wildman–Crippen MR) is 117 cm³/mol. The molecule has 1 aliphatic heterocycles. The van der Waals surface area contributed by atoms with Crippen LogP contribution in [0.15, 0.2) is 42.5 Å². The van der Waals surface area contributed by atoms with E-state index in [2.05, 4.69) is 10.2 Å². The number of hydrogen-bond donors (Lipinski definition) is 1. The van der Waals surface area contributed by atoms with Gasteiger partial charge in [0.2, 0.25) is 10.0 Å². The molecule has 1 fully saturated rings. The first kappa shape index (κ1) is 21.5. The van der Waals surface area contributed by atoms with Gasteiger partial charge in [0.1, 0.15) is 0 Å². The second-order valence-electron chi connectivity index (χ2n) is 7.47. The van der Waals surface area contributed by atoms with Gasteiger partial charge in [-0.2, -0.15) is 4.31 Å². The molecule has 6 nitrogen and oxygen atoms in total. The van der Waals surface area contributed by atoms with E-state index in [1.807, 2.05) is 56.3 Å². The van der Waals surface area contributed by atoms with Gasteiger partial charge in [0.15, 0.2) is 0 Å². The number of amides is 1. The Morgan fingerprint density at radius 1 is 1.00 bits per heavy atom. The summed E-state index contributed by atoms with van der Waals surface area (Å²) in [6.07, 6.45) is 0. The average Bonchev–Trinajstić information content (AvgIpc) is 2.72. The summed E-state index contributed by atoms with van der Waals surface area (Å²) in [5.41, 5.74) is 4.78. The number of sulfonamides is 1. The second kappa shape index (κ2) is 9.07. The van der Waals surface area contributed by atoms with Gasteiger partial charge in [-0.25, -0.2) is 8.42 Å². The third kappa shape index (κ3) is 5.23. The van der Waals surface area contributed by atoms with Gasteiger partial charge >= 0.3 is 0 Å². The van der Waals surface area contributed by atoms with Gasteiger partial charge in [0.05, 0.1) is 5.75 Å². The lowest BCUT2D eigenvalue weighted by atomic mass is 10.1. The van der Waals surface area contributed by atoms with Crippen LogP contribution >= 0.6 is 0 Å². The van der Waals surface area contributed by atoms with Crippen molar-refractivity contribution in [3.63, 3.8) is 0 Å². The van der Waals surface area contributed by atoms with E-state index in [0.717, 1.165) is 28.9 Å². The second-order valence-corrected chi connectivity index (χ2v) is 9.73. The van der Waals surface area contributed by atoms with Crippen molar-refractivity contribution in [1.82, 2.24) is 9.21 Å². The quantitative estimate of drug-likeness (QED) is 0.787. The van der Waals surface area contributed by atoms with Crippen LogP contribution in [0, 0.1) is 13.8 Å². The summed E-state index contributed by atoms with van der Waals surface area (Å²) >= 11 is 0. The minimum Gasteiger partial charge on any atom is -0.322 e. The molecule has 0 aliphatic carbocycles. The van der Waals surface area contributed by atoms with Crippen molar-refractivity contribution in [1.29, 1.82) is 0 Å². The van der Waals surface area contributed by atoms with Crippen LogP contribution in [0.2, 0.25) is 0 Å². The summed E-state index contributed by atoms with van der Waals surface area (Å²) in [5, 5.41) is 2.98. The highest BCUT2D eigenvalue weighted by Gasteiger charge is 2.25.